The summed E-state index contributed by atoms with van der Waals surface area (Å²) >= 11 is 0. The van der Waals surface area contributed by atoms with Crippen molar-refractivity contribution in [3.05, 3.63) is 83.4 Å². The lowest BCUT2D eigenvalue weighted by atomic mass is 9.83. The van der Waals surface area contributed by atoms with Crippen LogP contribution in [0, 0.1) is 5.82 Å². The van der Waals surface area contributed by atoms with Crippen LogP contribution in [0.2, 0.25) is 0 Å². The van der Waals surface area contributed by atoms with E-state index in [-0.39, 0.29) is 22.8 Å². The van der Waals surface area contributed by atoms with E-state index in [9.17, 15) is 35.8 Å². The monoisotopic (exact) mass is 554 g/mol. The van der Waals surface area contributed by atoms with Crippen molar-refractivity contribution >= 4 is 0 Å². The van der Waals surface area contributed by atoms with Crippen molar-refractivity contribution in [2.24, 2.45) is 0 Å². The van der Waals surface area contributed by atoms with E-state index in [2.05, 4.69) is 9.88 Å². The Morgan fingerprint density at radius 2 is 1.56 bits per heavy atom. The number of halogens is 7. The number of fused-ring (bicyclic) bond motifs is 1. The number of aryl methyl sites for hydroxylation is 1. The Labute approximate surface area is 220 Å². The molecule has 0 atom stereocenters. The fourth-order valence-corrected chi connectivity index (χ4v) is 5.33. The molecule has 0 unspecified atom stereocenters. The first kappa shape index (κ1) is 27.4. The van der Waals surface area contributed by atoms with Gasteiger partial charge in [-0.2, -0.15) is 26.3 Å². The fraction of sp³-hybridized carbons (Fsp3) is 0.393. The molecule has 4 nitrogen and oxygen atoms in total. The molecule has 2 aliphatic rings. The molecule has 11 heteroatoms. The van der Waals surface area contributed by atoms with Gasteiger partial charge < -0.3 is 9.84 Å². The van der Waals surface area contributed by atoms with Gasteiger partial charge in [-0.15, -0.1) is 0 Å². The molecule has 0 bridgehead atoms. The minimum absolute atomic E-state index is 0.0794. The van der Waals surface area contributed by atoms with E-state index in [4.69, 9.17) is 4.74 Å². The molecule has 5 rings (SSSR count). The third kappa shape index (κ3) is 5.09. The molecule has 1 spiro atoms. The summed E-state index contributed by atoms with van der Waals surface area (Å²) in [5, 5.41) is 9.53. The highest BCUT2D eigenvalue weighted by Gasteiger charge is 2.71. The van der Waals surface area contributed by atoms with Crippen molar-refractivity contribution in [1.29, 1.82) is 0 Å². The molecule has 3 aromatic rings. The lowest BCUT2D eigenvalue weighted by molar-refractivity contribution is -0.376. The first-order valence-corrected chi connectivity index (χ1v) is 12.4. The summed E-state index contributed by atoms with van der Waals surface area (Å²) in [7, 11) is 0. The maximum Gasteiger partial charge on any atom is 0.430 e. The number of likely N-dealkylation sites (tertiary alicyclic amines) is 1. The molecule has 208 valence electrons. The van der Waals surface area contributed by atoms with Crippen LogP contribution in [0.5, 0.6) is 5.75 Å². The topological polar surface area (TPSA) is 45.6 Å². The van der Waals surface area contributed by atoms with Gasteiger partial charge in [-0.1, -0.05) is 36.4 Å². The number of rotatable bonds is 4. The van der Waals surface area contributed by atoms with Crippen LogP contribution in [0.1, 0.15) is 36.0 Å². The molecule has 1 N–H and O–H groups in total. The minimum atomic E-state index is -6.08. The van der Waals surface area contributed by atoms with Gasteiger partial charge in [-0.25, -0.2) is 4.39 Å². The molecular formula is C28H25F7N2O2. The number of alkyl halides is 6. The summed E-state index contributed by atoms with van der Waals surface area (Å²) in [6, 6.07) is 9.85. The number of hydrogen-bond donors (Lipinski definition) is 1. The van der Waals surface area contributed by atoms with Crippen LogP contribution in [0.25, 0.3) is 11.1 Å². The molecular weight excluding hydrogens is 529 g/mol. The number of pyridine rings is 1. The number of nitrogens with zero attached hydrogens (tertiary/aromatic N) is 2. The third-order valence-electron chi connectivity index (χ3n) is 7.68. The van der Waals surface area contributed by atoms with Crippen LogP contribution in [-0.4, -0.2) is 46.0 Å². The van der Waals surface area contributed by atoms with Crippen molar-refractivity contribution in [3.63, 3.8) is 0 Å². The Morgan fingerprint density at radius 3 is 2.18 bits per heavy atom. The lowest BCUT2D eigenvalue weighted by Crippen LogP contribution is -2.53. The largest absolute Gasteiger partial charge is 0.487 e. The Morgan fingerprint density at radius 1 is 0.897 bits per heavy atom. The highest BCUT2D eigenvalue weighted by Crippen LogP contribution is 2.50. The first-order valence-electron chi connectivity index (χ1n) is 12.4. The quantitative estimate of drug-likeness (QED) is 0.371. The third-order valence-corrected chi connectivity index (χ3v) is 7.68. The van der Waals surface area contributed by atoms with Gasteiger partial charge in [-0.05, 0) is 48.9 Å². The molecule has 2 aromatic carbocycles. The Balaban J connectivity index is 1.25. The summed E-state index contributed by atoms with van der Waals surface area (Å²) in [6.45, 7) is 2.27. The Bertz CT molecular complexity index is 1320. The van der Waals surface area contributed by atoms with Crippen molar-refractivity contribution in [3.8, 4) is 16.9 Å². The second-order valence-corrected chi connectivity index (χ2v) is 10.1. The van der Waals surface area contributed by atoms with Crippen molar-refractivity contribution in [2.45, 2.75) is 55.8 Å². The normalized spacial score (nSPS) is 18.1. The molecule has 2 aliphatic heterocycles. The standard InChI is InChI=1S/C28H25F7N2O2/c29-23-15-21(26(38,27(30,31)32)28(33,34)35)5-6-22(23)19-3-1-18(2-4-19)17-37-13-10-25(11-14-37)9-7-20-16-36-12-8-24(20)39-25/h1-6,8,12,15-16,38H,7,9-11,13-14,17H2. The molecule has 1 fully saturated rings. The Kier molecular flexibility index (Phi) is 6.87. The zero-order valence-electron chi connectivity index (χ0n) is 20.6. The number of aromatic nitrogens is 1. The number of hydrogen-bond acceptors (Lipinski definition) is 4. The second-order valence-electron chi connectivity index (χ2n) is 10.1. The van der Waals surface area contributed by atoms with Crippen molar-refractivity contribution in [2.75, 3.05) is 13.1 Å². The van der Waals surface area contributed by atoms with Gasteiger partial charge in [0.2, 0.25) is 0 Å². The summed E-state index contributed by atoms with van der Waals surface area (Å²) in [4.78, 5) is 6.42. The van der Waals surface area contributed by atoms with Gasteiger partial charge >= 0.3 is 12.4 Å². The van der Waals surface area contributed by atoms with E-state index < -0.39 is 29.3 Å². The molecule has 0 aliphatic carbocycles. The van der Waals surface area contributed by atoms with Gasteiger partial charge in [0.25, 0.3) is 5.60 Å². The van der Waals surface area contributed by atoms with Crippen LogP contribution in [0.15, 0.2) is 60.9 Å². The number of aliphatic hydroxyl groups is 1. The SMILES string of the molecule is OC(c1ccc(-c2ccc(CN3CCC4(CCc5cnccc5O4)CC3)cc2)c(F)c1)(C(F)(F)F)C(F)(F)F. The molecule has 0 amide bonds. The summed E-state index contributed by atoms with van der Waals surface area (Å²) in [5.41, 5.74) is -4.86. The molecule has 0 radical (unpaired) electrons. The van der Waals surface area contributed by atoms with Gasteiger partial charge in [0.1, 0.15) is 17.2 Å². The van der Waals surface area contributed by atoms with E-state index in [0.29, 0.717) is 12.6 Å². The van der Waals surface area contributed by atoms with Gasteiger partial charge in [0.05, 0.1) is 0 Å². The predicted molar refractivity (Wildman–Crippen MR) is 128 cm³/mol. The van der Waals surface area contributed by atoms with E-state index in [0.717, 1.165) is 61.7 Å². The zero-order chi connectivity index (χ0) is 28.1. The van der Waals surface area contributed by atoms with Gasteiger partial charge in [-0.3, -0.25) is 9.88 Å². The van der Waals surface area contributed by atoms with Crippen LogP contribution >= 0.6 is 0 Å². The maximum atomic E-state index is 14.7. The van der Waals surface area contributed by atoms with Crippen LogP contribution in [0.3, 0.4) is 0 Å². The van der Waals surface area contributed by atoms with Crippen molar-refractivity contribution < 1.29 is 40.6 Å². The molecule has 0 saturated carbocycles. The summed E-state index contributed by atoms with van der Waals surface area (Å²) in [5.74, 6) is -0.416. The average molecular weight is 555 g/mol. The maximum absolute atomic E-state index is 14.7. The number of ether oxygens (including phenoxy) is 1. The highest BCUT2D eigenvalue weighted by atomic mass is 19.4. The van der Waals surface area contributed by atoms with Crippen LogP contribution in [-0.2, 0) is 18.6 Å². The van der Waals surface area contributed by atoms with E-state index in [1.165, 1.54) is 0 Å². The highest BCUT2D eigenvalue weighted by molar-refractivity contribution is 5.65. The average Bonchev–Trinajstić information content (AvgIpc) is 2.89. The van der Waals surface area contributed by atoms with Crippen LogP contribution < -0.4 is 4.74 Å². The van der Waals surface area contributed by atoms with Crippen LogP contribution in [0.4, 0.5) is 30.7 Å². The van der Waals surface area contributed by atoms with E-state index >= 15 is 0 Å². The van der Waals surface area contributed by atoms with E-state index in [1.807, 2.05) is 12.3 Å². The zero-order valence-corrected chi connectivity index (χ0v) is 20.6. The first-order chi connectivity index (χ1) is 18.3. The number of piperidine rings is 1. The minimum Gasteiger partial charge on any atom is -0.487 e. The fourth-order valence-electron chi connectivity index (χ4n) is 5.33. The second kappa shape index (κ2) is 9.78. The summed E-state index contributed by atoms with van der Waals surface area (Å²) < 4.78 is 99.9. The van der Waals surface area contributed by atoms with E-state index in [1.54, 1.807) is 30.5 Å². The predicted octanol–water partition coefficient (Wildman–Crippen LogP) is 6.56. The van der Waals surface area contributed by atoms with Crippen molar-refractivity contribution in [1.82, 2.24) is 9.88 Å². The molecule has 39 heavy (non-hydrogen) atoms. The van der Waals surface area contributed by atoms with Gasteiger partial charge in [0, 0.05) is 48.7 Å². The van der Waals surface area contributed by atoms with Gasteiger partial charge in [0.15, 0.2) is 0 Å². The molecule has 1 aromatic heterocycles. The summed E-state index contributed by atoms with van der Waals surface area (Å²) in [6.07, 6.45) is -5.01. The molecule has 1 saturated heterocycles. The smallest absolute Gasteiger partial charge is 0.430 e. The Hall–Kier alpha value is -3.18. The molecule has 3 heterocycles. The number of benzene rings is 2. The lowest BCUT2D eigenvalue weighted by Gasteiger charge is -2.44.